The predicted molar refractivity (Wildman–Crippen MR) is 57.8 cm³/mol. The van der Waals surface area contributed by atoms with Crippen LogP contribution in [0.25, 0.3) is 0 Å². The molecule has 0 bridgehead atoms. The molecule has 0 aromatic heterocycles. The molecule has 0 radical (unpaired) electrons. The smallest absolute Gasteiger partial charge is 0.0300 e. The molecule has 0 fully saturated rings. The second-order valence-corrected chi connectivity index (χ2v) is 3.70. The highest BCUT2D eigenvalue weighted by Gasteiger charge is 2.09. The average molecular weight is 177 g/mol. The lowest BCUT2D eigenvalue weighted by atomic mass is 9.94. The van der Waals surface area contributed by atoms with Crippen molar-refractivity contribution in [1.29, 1.82) is 0 Å². The molecular formula is C12H19N. The van der Waals surface area contributed by atoms with Gasteiger partial charge < -0.3 is 5.73 Å². The van der Waals surface area contributed by atoms with Crippen LogP contribution in [0, 0.1) is 13.8 Å². The zero-order valence-corrected chi connectivity index (χ0v) is 8.80. The summed E-state index contributed by atoms with van der Waals surface area (Å²) < 4.78 is 0. The minimum Gasteiger partial charge on any atom is -0.324 e. The maximum absolute atomic E-state index is 6.11. The van der Waals surface area contributed by atoms with E-state index in [1.165, 1.54) is 16.7 Å². The largest absolute Gasteiger partial charge is 0.324 e. The summed E-state index contributed by atoms with van der Waals surface area (Å²) >= 11 is 0. The summed E-state index contributed by atoms with van der Waals surface area (Å²) in [4.78, 5) is 0. The average Bonchev–Trinajstić information content (AvgIpc) is 2.04. The number of rotatable bonds is 3. The molecule has 0 amide bonds. The minimum absolute atomic E-state index is 0.214. The van der Waals surface area contributed by atoms with E-state index in [1.54, 1.807) is 0 Å². The molecule has 0 aliphatic carbocycles. The Labute approximate surface area is 81.0 Å². The zero-order valence-electron chi connectivity index (χ0n) is 8.80. The lowest BCUT2D eigenvalue weighted by Crippen LogP contribution is -2.12. The summed E-state index contributed by atoms with van der Waals surface area (Å²) in [5.74, 6) is 0. The first-order chi connectivity index (χ1) is 6.16. The predicted octanol–water partition coefficient (Wildman–Crippen LogP) is 3.10. The van der Waals surface area contributed by atoms with Crippen molar-refractivity contribution in [3.63, 3.8) is 0 Å². The monoisotopic (exact) mass is 177 g/mol. The van der Waals surface area contributed by atoms with Gasteiger partial charge in [-0.25, -0.2) is 0 Å². The molecule has 2 N–H and O–H groups in total. The fourth-order valence-electron chi connectivity index (χ4n) is 1.87. The molecular weight excluding hydrogens is 158 g/mol. The van der Waals surface area contributed by atoms with Gasteiger partial charge in [0.25, 0.3) is 0 Å². The van der Waals surface area contributed by atoms with Crippen molar-refractivity contribution in [3.05, 3.63) is 34.9 Å². The molecule has 0 saturated heterocycles. The number of hydrogen-bond donors (Lipinski definition) is 1. The summed E-state index contributed by atoms with van der Waals surface area (Å²) in [6.45, 7) is 6.45. The highest BCUT2D eigenvalue weighted by atomic mass is 14.6. The quantitative estimate of drug-likeness (QED) is 0.754. The first-order valence-corrected chi connectivity index (χ1v) is 4.98. The molecule has 1 aromatic rings. The first-order valence-electron chi connectivity index (χ1n) is 4.98. The molecule has 1 rings (SSSR count). The van der Waals surface area contributed by atoms with Gasteiger partial charge in [0.15, 0.2) is 0 Å². The SMILES string of the molecule is CCCC(N)c1c(C)cccc1C. The van der Waals surface area contributed by atoms with Crippen molar-refractivity contribution >= 4 is 0 Å². The van der Waals surface area contributed by atoms with Crippen LogP contribution in [-0.2, 0) is 0 Å². The van der Waals surface area contributed by atoms with Gasteiger partial charge in [0.2, 0.25) is 0 Å². The van der Waals surface area contributed by atoms with Gasteiger partial charge in [0.05, 0.1) is 0 Å². The fourth-order valence-corrected chi connectivity index (χ4v) is 1.87. The topological polar surface area (TPSA) is 26.0 Å². The van der Waals surface area contributed by atoms with Crippen molar-refractivity contribution in [2.45, 2.75) is 39.7 Å². The molecule has 13 heavy (non-hydrogen) atoms. The molecule has 1 unspecified atom stereocenters. The second-order valence-electron chi connectivity index (χ2n) is 3.70. The van der Waals surface area contributed by atoms with Crippen LogP contribution in [0.5, 0.6) is 0 Å². The molecule has 0 saturated carbocycles. The standard InChI is InChI=1S/C12H19N/c1-4-6-11(13)12-9(2)7-5-8-10(12)3/h5,7-8,11H,4,6,13H2,1-3H3. The van der Waals surface area contributed by atoms with Gasteiger partial charge in [-0.15, -0.1) is 0 Å². The summed E-state index contributed by atoms with van der Waals surface area (Å²) in [7, 11) is 0. The Hall–Kier alpha value is -0.820. The first kappa shape index (κ1) is 10.3. The summed E-state index contributed by atoms with van der Waals surface area (Å²) in [6.07, 6.45) is 2.22. The van der Waals surface area contributed by atoms with Crippen molar-refractivity contribution in [2.24, 2.45) is 5.73 Å². The molecule has 1 atom stereocenters. The van der Waals surface area contributed by atoms with Gasteiger partial charge >= 0.3 is 0 Å². The third-order valence-electron chi connectivity index (χ3n) is 2.51. The van der Waals surface area contributed by atoms with Gasteiger partial charge in [-0.2, -0.15) is 0 Å². The maximum Gasteiger partial charge on any atom is 0.0300 e. The Kier molecular flexibility index (Phi) is 3.49. The molecule has 0 aliphatic heterocycles. The highest BCUT2D eigenvalue weighted by molar-refractivity contribution is 5.35. The van der Waals surface area contributed by atoms with Gasteiger partial charge in [-0.3, -0.25) is 0 Å². The molecule has 0 spiro atoms. The van der Waals surface area contributed by atoms with Crippen LogP contribution < -0.4 is 5.73 Å². The Morgan fingerprint density at radius 3 is 2.23 bits per heavy atom. The number of aryl methyl sites for hydroxylation is 2. The minimum atomic E-state index is 0.214. The van der Waals surface area contributed by atoms with Crippen LogP contribution in [0.15, 0.2) is 18.2 Å². The molecule has 0 heterocycles. The second kappa shape index (κ2) is 4.43. The van der Waals surface area contributed by atoms with E-state index in [2.05, 4.69) is 39.0 Å². The van der Waals surface area contributed by atoms with Gasteiger partial charge in [0.1, 0.15) is 0 Å². The van der Waals surface area contributed by atoms with E-state index < -0.39 is 0 Å². The van der Waals surface area contributed by atoms with Gasteiger partial charge in [0, 0.05) is 6.04 Å². The third-order valence-corrected chi connectivity index (χ3v) is 2.51. The zero-order chi connectivity index (χ0) is 9.84. The van der Waals surface area contributed by atoms with E-state index in [0.717, 1.165) is 12.8 Å². The van der Waals surface area contributed by atoms with E-state index in [-0.39, 0.29) is 6.04 Å². The van der Waals surface area contributed by atoms with Crippen LogP contribution in [-0.4, -0.2) is 0 Å². The summed E-state index contributed by atoms with van der Waals surface area (Å²) in [5, 5.41) is 0. The molecule has 1 aromatic carbocycles. The lowest BCUT2D eigenvalue weighted by molar-refractivity contribution is 0.632. The highest BCUT2D eigenvalue weighted by Crippen LogP contribution is 2.22. The molecule has 0 aliphatic rings. The van der Waals surface area contributed by atoms with Crippen LogP contribution in [0.3, 0.4) is 0 Å². The van der Waals surface area contributed by atoms with Gasteiger partial charge in [-0.1, -0.05) is 31.5 Å². The summed E-state index contributed by atoms with van der Waals surface area (Å²) in [5.41, 5.74) is 10.1. The Morgan fingerprint density at radius 2 is 1.77 bits per heavy atom. The lowest BCUT2D eigenvalue weighted by Gasteiger charge is -2.16. The van der Waals surface area contributed by atoms with E-state index in [4.69, 9.17) is 5.73 Å². The summed E-state index contributed by atoms with van der Waals surface area (Å²) in [6, 6.07) is 6.58. The van der Waals surface area contributed by atoms with Crippen molar-refractivity contribution in [3.8, 4) is 0 Å². The van der Waals surface area contributed by atoms with Crippen LogP contribution in [0.1, 0.15) is 42.5 Å². The van der Waals surface area contributed by atoms with Gasteiger partial charge in [-0.05, 0) is 37.0 Å². The Morgan fingerprint density at radius 1 is 1.23 bits per heavy atom. The third kappa shape index (κ3) is 2.31. The molecule has 72 valence electrons. The van der Waals surface area contributed by atoms with E-state index >= 15 is 0 Å². The Bertz CT molecular complexity index is 258. The van der Waals surface area contributed by atoms with Crippen molar-refractivity contribution in [1.82, 2.24) is 0 Å². The number of nitrogens with two attached hydrogens (primary N) is 1. The van der Waals surface area contributed by atoms with Crippen LogP contribution in [0.2, 0.25) is 0 Å². The van der Waals surface area contributed by atoms with E-state index in [0.29, 0.717) is 0 Å². The van der Waals surface area contributed by atoms with Crippen LogP contribution >= 0.6 is 0 Å². The molecule has 1 nitrogen and oxygen atoms in total. The van der Waals surface area contributed by atoms with E-state index in [1.807, 2.05) is 0 Å². The fraction of sp³-hybridized carbons (Fsp3) is 0.500. The number of benzene rings is 1. The normalized spacial score (nSPS) is 12.9. The van der Waals surface area contributed by atoms with Crippen molar-refractivity contribution < 1.29 is 0 Å². The van der Waals surface area contributed by atoms with Crippen LogP contribution in [0.4, 0.5) is 0 Å². The maximum atomic E-state index is 6.11. The van der Waals surface area contributed by atoms with E-state index in [9.17, 15) is 0 Å². The Balaban J connectivity index is 2.98. The number of hydrogen-bond acceptors (Lipinski definition) is 1. The van der Waals surface area contributed by atoms with Crippen molar-refractivity contribution in [2.75, 3.05) is 0 Å². The molecule has 1 heteroatoms.